The minimum absolute atomic E-state index is 0.143. The number of nitrogens with zero attached hydrogens (tertiary/aromatic N) is 1. The molecule has 2 rings (SSSR count). The Labute approximate surface area is 153 Å². The monoisotopic (exact) mass is 363 g/mol. The van der Waals surface area contributed by atoms with Crippen LogP contribution in [0.5, 0.6) is 5.75 Å². The summed E-state index contributed by atoms with van der Waals surface area (Å²) >= 11 is 0. The molecular weight excluding hydrogens is 337 g/mol. The van der Waals surface area contributed by atoms with Crippen molar-refractivity contribution in [3.63, 3.8) is 0 Å². The van der Waals surface area contributed by atoms with Crippen molar-refractivity contribution in [3.8, 4) is 5.75 Å². The molecule has 0 aliphatic carbocycles. The van der Waals surface area contributed by atoms with E-state index in [0.717, 1.165) is 6.42 Å². The first-order chi connectivity index (χ1) is 12.6. The number of guanidine groups is 1. The van der Waals surface area contributed by atoms with Crippen LogP contribution in [0.4, 0.5) is 4.39 Å². The minimum atomic E-state index is -0.800. The maximum Gasteiger partial charge on any atom is 0.191 e. The molecule has 0 fully saturated rings. The summed E-state index contributed by atoms with van der Waals surface area (Å²) in [6, 6.07) is 9.52. The standard InChI is InChI=1S/C19H26FN3O3/c1-3-15(26-16-8-5-7-14(20)11-16)12-22-19(21-4-2)23-13-17(24)18-9-6-10-25-18/h5-11,15,17,24H,3-4,12-13H2,1-2H3,(H2,21,22,23). The third kappa shape index (κ3) is 6.40. The van der Waals surface area contributed by atoms with Gasteiger partial charge >= 0.3 is 0 Å². The molecule has 1 heterocycles. The Kier molecular flexibility index (Phi) is 7.95. The predicted molar refractivity (Wildman–Crippen MR) is 98.8 cm³/mol. The Morgan fingerprint density at radius 3 is 2.77 bits per heavy atom. The van der Waals surface area contributed by atoms with Crippen LogP contribution in [0.3, 0.4) is 0 Å². The van der Waals surface area contributed by atoms with Gasteiger partial charge in [-0.25, -0.2) is 4.39 Å². The fourth-order valence-corrected chi connectivity index (χ4v) is 2.30. The lowest BCUT2D eigenvalue weighted by Gasteiger charge is -2.20. The lowest BCUT2D eigenvalue weighted by Crippen LogP contribution is -2.42. The van der Waals surface area contributed by atoms with Crippen LogP contribution in [-0.4, -0.2) is 36.8 Å². The Morgan fingerprint density at radius 2 is 2.12 bits per heavy atom. The van der Waals surface area contributed by atoms with Crippen molar-refractivity contribution in [2.75, 3.05) is 19.6 Å². The van der Waals surface area contributed by atoms with Gasteiger partial charge in [-0.3, -0.25) is 4.99 Å². The molecule has 2 atom stereocenters. The number of ether oxygens (including phenoxy) is 1. The smallest absolute Gasteiger partial charge is 0.191 e. The Balaban J connectivity index is 1.89. The van der Waals surface area contributed by atoms with Gasteiger partial charge in [-0.15, -0.1) is 0 Å². The lowest BCUT2D eigenvalue weighted by molar-refractivity contribution is 0.158. The number of hydrogen-bond donors (Lipinski definition) is 3. The molecular formula is C19H26FN3O3. The van der Waals surface area contributed by atoms with Crippen LogP contribution in [0.2, 0.25) is 0 Å². The Bertz CT molecular complexity index is 676. The SMILES string of the molecule is CCNC(=NCC(O)c1ccco1)NCC(CC)Oc1cccc(F)c1. The second-order valence-electron chi connectivity index (χ2n) is 5.74. The van der Waals surface area contributed by atoms with Crippen LogP contribution in [0.25, 0.3) is 0 Å². The molecule has 7 heteroatoms. The van der Waals surface area contributed by atoms with Gasteiger partial charge < -0.3 is 24.9 Å². The Hall–Kier alpha value is -2.54. The van der Waals surface area contributed by atoms with Gasteiger partial charge in [0.25, 0.3) is 0 Å². The highest BCUT2D eigenvalue weighted by Crippen LogP contribution is 2.15. The highest BCUT2D eigenvalue weighted by atomic mass is 19.1. The van der Waals surface area contributed by atoms with Crippen molar-refractivity contribution < 1.29 is 18.7 Å². The number of aliphatic hydroxyl groups is 1. The van der Waals surface area contributed by atoms with E-state index in [0.29, 0.717) is 30.6 Å². The third-order valence-corrected chi connectivity index (χ3v) is 3.69. The first-order valence-corrected chi connectivity index (χ1v) is 8.78. The molecule has 3 N–H and O–H groups in total. The average molecular weight is 363 g/mol. The molecule has 1 aromatic heterocycles. The van der Waals surface area contributed by atoms with E-state index in [4.69, 9.17) is 9.15 Å². The summed E-state index contributed by atoms with van der Waals surface area (Å²) in [6.45, 7) is 5.31. The van der Waals surface area contributed by atoms with Gasteiger partial charge in [-0.1, -0.05) is 13.0 Å². The largest absolute Gasteiger partial charge is 0.489 e. The summed E-state index contributed by atoms with van der Waals surface area (Å²) in [5, 5.41) is 16.4. The number of furan rings is 1. The zero-order chi connectivity index (χ0) is 18.8. The summed E-state index contributed by atoms with van der Waals surface area (Å²) in [4.78, 5) is 4.37. The zero-order valence-corrected chi connectivity index (χ0v) is 15.1. The maximum atomic E-state index is 13.3. The number of halogens is 1. The third-order valence-electron chi connectivity index (χ3n) is 3.69. The van der Waals surface area contributed by atoms with Gasteiger partial charge in [-0.05, 0) is 37.6 Å². The van der Waals surface area contributed by atoms with Crippen molar-refractivity contribution in [3.05, 3.63) is 54.2 Å². The second-order valence-corrected chi connectivity index (χ2v) is 5.74. The lowest BCUT2D eigenvalue weighted by atomic mass is 10.2. The minimum Gasteiger partial charge on any atom is -0.489 e. The molecule has 0 aliphatic rings. The highest BCUT2D eigenvalue weighted by Gasteiger charge is 2.12. The Morgan fingerprint density at radius 1 is 1.27 bits per heavy atom. The molecule has 2 aromatic rings. The molecule has 0 bridgehead atoms. The number of nitrogens with one attached hydrogen (secondary N) is 2. The number of rotatable bonds is 9. The quantitative estimate of drug-likeness (QED) is 0.472. The molecule has 142 valence electrons. The molecule has 0 saturated carbocycles. The number of hydrogen-bond acceptors (Lipinski definition) is 4. The highest BCUT2D eigenvalue weighted by molar-refractivity contribution is 5.79. The van der Waals surface area contributed by atoms with Crippen molar-refractivity contribution in [1.82, 2.24) is 10.6 Å². The molecule has 0 radical (unpaired) electrons. The van der Waals surface area contributed by atoms with E-state index in [1.165, 1.54) is 18.4 Å². The van der Waals surface area contributed by atoms with Crippen LogP contribution in [0, 0.1) is 5.82 Å². The summed E-state index contributed by atoms with van der Waals surface area (Å²) in [7, 11) is 0. The predicted octanol–water partition coefficient (Wildman–Crippen LogP) is 2.86. The summed E-state index contributed by atoms with van der Waals surface area (Å²) < 4.78 is 24.2. The summed E-state index contributed by atoms with van der Waals surface area (Å²) in [5.41, 5.74) is 0. The van der Waals surface area contributed by atoms with Crippen LogP contribution in [0.15, 0.2) is 52.1 Å². The fourth-order valence-electron chi connectivity index (χ4n) is 2.30. The number of aliphatic hydroxyl groups excluding tert-OH is 1. The van der Waals surface area contributed by atoms with E-state index in [2.05, 4.69) is 15.6 Å². The van der Waals surface area contributed by atoms with E-state index in [1.807, 2.05) is 13.8 Å². The molecule has 0 saturated heterocycles. The zero-order valence-electron chi connectivity index (χ0n) is 15.1. The van der Waals surface area contributed by atoms with Crippen molar-refractivity contribution in [2.24, 2.45) is 4.99 Å². The number of benzene rings is 1. The maximum absolute atomic E-state index is 13.3. The molecule has 0 amide bonds. The first-order valence-electron chi connectivity index (χ1n) is 8.78. The molecule has 2 unspecified atom stereocenters. The normalized spacial score (nSPS) is 13.9. The van der Waals surface area contributed by atoms with Gasteiger partial charge in [0.2, 0.25) is 0 Å². The van der Waals surface area contributed by atoms with Crippen molar-refractivity contribution in [2.45, 2.75) is 32.5 Å². The van der Waals surface area contributed by atoms with E-state index in [-0.39, 0.29) is 18.5 Å². The van der Waals surface area contributed by atoms with Crippen molar-refractivity contribution in [1.29, 1.82) is 0 Å². The molecule has 0 spiro atoms. The first kappa shape index (κ1) is 19.8. The second kappa shape index (κ2) is 10.5. The van der Waals surface area contributed by atoms with Gasteiger partial charge in [0.15, 0.2) is 5.96 Å². The molecule has 6 nitrogen and oxygen atoms in total. The fraction of sp³-hybridized carbons (Fsp3) is 0.421. The van der Waals surface area contributed by atoms with E-state index in [1.54, 1.807) is 24.3 Å². The summed E-state index contributed by atoms with van der Waals surface area (Å²) in [5.74, 6) is 1.21. The van der Waals surface area contributed by atoms with Gasteiger partial charge in [0.05, 0.1) is 19.4 Å². The molecule has 26 heavy (non-hydrogen) atoms. The topological polar surface area (TPSA) is 79.0 Å². The van der Waals surface area contributed by atoms with Gasteiger partial charge in [0.1, 0.15) is 29.5 Å². The summed E-state index contributed by atoms with van der Waals surface area (Å²) in [6.07, 6.45) is 1.32. The van der Waals surface area contributed by atoms with Crippen LogP contribution >= 0.6 is 0 Å². The van der Waals surface area contributed by atoms with E-state index >= 15 is 0 Å². The van der Waals surface area contributed by atoms with Gasteiger partial charge in [-0.2, -0.15) is 0 Å². The number of aliphatic imine (C=N–C) groups is 1. The van der Waals surface area contributed by atoms with Crippen LogP contribution in [-0.2, 0) is 0 Å². The van der Waals surface area contributed by atoms with Crippen LogP contribution in [0.1, 0.15) is 32.1 Å². The van der Waals surface area contributed by atoms with Crippen molar-refractivity contribution >= 4 is 5.96 Å². The average Bonchev–Trinajstić information content (AvgIpc) is 3.17. The van der Waals surface area contributed by atoms with E-state index < -0.39 is 6.10 Å². The van der Waals surface area contributed by atoms with Crippen LogP contribution < -0.4 is 15.4 Å². The van der Waals surface area contributed by atoms with Gasteiger partial charge in [0, 0.05) is 12.6 Å². The van der Waals surface area contributed by atoms with E-state index in [9.17, 15) is 9.50 Å². The molecule has 0 aliphatic heterocycles. The molecule has 1 aromatic carbocycles.